The van der Waals surface area contributed by atoms with Gasteiger partial charge < -0.3 is 14.2 Å². The first-order valence-corrected chi connectivity index (χ1v) is 28.6. The first-order chi connectivity index (χ1) is 36.0. The highest BCUT2D eigenvalue weighted by Gasteiger charge is 2.19. The third-order valence-corrected chi connectivity index (χ3v) is 11.2. The molecule has 0 rings (SSSR count). The number of carbonyl (C=O) groups is 3. The number of rotatable bonds is 49. The molecule has 0 aliphatic heterocycles. The highest BCUT2D eigenvalue weighted by Crippen LogP contribution is 2.12. The normalized spacial score (nSPS) is 13.4. The summed E-state index contributed by atoms with van der Waals surface area (Å²) < 4.78 is 16.8. The standard InChI is InChI=1S/C67H102O6/c1-4-7-10-13-16-19-22-25-28-31-33-36-39-42-45-48-51-54-57-60-66(69)72-63-64(62-71-65(68)59-56-53-50-47-44-41-38-35-30-27-24-21-18-15-12-9-6-3)73-67(70)61-58-55-52-49-46-43-40-37-34-32-29-26-23-20-17-14-11-8-5-2/h7-12,16-21,25-30,33-34,36-38,41-43,45-46,64H,4-6,13-15,22-24,31-32,35,39-40,44,47-63H2,1-3H3/b10-7-,11-8-,12-9-,19-16-,20-17-,21-18-,28-25-,29-26-,30-27-,36-33-,37-34-,41-38-,45-42-,46-43-/t64-/m0/s1. The molecular formula is C67H102O6. The largest absolute Gasteiger partial charge is 0.462 e. The Kier molecular flexibility index (Phi) is 55.1. The maximum atomic E-state index is 12.9. The van der Waals surface area contributed by atoms with Gasteiger partial charge in [-0.15, -0.1) is 0 Å². The molecule has 0 spiro atoms. The van der Waals surface area contributed by atoms with E-state index in [0.29, 0.717) is 19.3 Å². The SMILES string of the molecule is CC/C=C\C/C=C\C/C=C\C/C=C\C/C=C\CCCCCC(=O)OC[C@H](COC(=O)CCCCCC/C=C\C/C=C\C/C=C\C/C=C\CC)OC(=O)CCCCC/C=C\C/C=C\C/C=C\C/C=C\C/C=C\CC. The highest BCUT2D eigenvalue weighted by atomic mass is 16.6. The molecule has 0 saturated heterocycles. The fourth-order valence-corrected chi connectivity index (χ4v) is 7.01. The summed E-state index contributed by atoms with van der Waals surface area (Å²) in [5, 5.41) is 0. The number of esters is 3. The summed E-state index contributed by atoms with van der Waals surface area (Å²) in [6.07, 6.45) is 87.7. The van der Waals surface area contributed by atoms with Gasteiger partial charge in [0.1, 0.15) is 13.2 Å². The summed E-state index contributed by atoms with van der Waals surface area (Å²) >= 11 is 0. The first kappa shape index (κ1) is 67.8. The molecule has 0 fully saturated rings. The van der Waals surface area contributed by atoms with Gasteiger partial charge in [0.2, 0.25) is 0 Å². The molecule has 0 saturated carbocycles. The fourth-order valence-electron chi connectivity index (χ4n) is 7.01. The Hall–Kier alpha value is -5.23. The quantitative estimate of drug-likeness (QED) is 0.0261. The number of allylic oxidation sites excluding steroid dienone is 28. The lowest BCUT2D eigenvalue weighted by molar-refractivity contribution is -0.167. The highest BCUT2D eigenvalue weighted by molar-refractivity contribution is 5.71. The van der Waals surface area contributed by atoms with Crippen LogP contribution in [0, 0.1) is 0 Å². The minimum atomic E-state index is -0.830. The van der Waals surface area contributed by atoms with Crippen LogP contribution in [0.4, 0.5) is 0 Å². The van der Waals surface area contributed by atoms with Crippen LogP contribution < -0.4 is 0 Å². The third-order valence-electron chi connectivity index (χ3n) is 11.2. The van der Waals surface area contributed by atoms with Crippen molar-refractivity contribution in [3.8, 4) is 0 Å². The van der Waals surface area contributed by atoms with E-state index in [1.165, 1.54) is 0 Å². The van der Waals surface area contributed by atoms with Crippen molar-refractivity contribution in [1.29, 1.82) is 0 Å². The van der Waals surface area contributed by atoms with Crippen LogP contribution >= 0.6 is 0 Å². The number of hydrogen-bond acceptors (Lipinski definition) is 6. The van der Waals surface area contributed by atoms with Crippen LogP contribution in [0.5, 0.6) is 0 Å². The van der Waals surface area contributed by atoms with Gasteiger partial charge in [0.05, 0.1) is 0 Å². The molecule has 406 valence electrons. The summed E-state index contributed by atoms with van der Waals surface area (Å²) in [4.78, 5) is 38.2. The molecule has 0 heterocycles. The molecule has 0 aliphatic carbocycles. The molecule has 0 unspecified atom stereocenters. The molecule has 0 aromatic heterocycles. The Labute approximate surface area is 447 Å². The topological polar surface area (TPSA) is 78.9 Å². The van der Waals surface area contributed by atoms with Crippen LogP contribution in [-0.4, -0.2) is 37.2 Å². The Morgan fingerprint density at radius 1 is 0.274 bits per heavy atom. The van der Waals surface area contributed by atoms with Gasteiger partial charge in [-0.1, -0.05) is 217 Å². The lowest BCUT2D eigenvalue weighted by atomic mass is 10.1. The van der Waals surface area contributed by atoms with Crippen LogP contribution in [0.2, 0.25) is 0 Å². The van der Waals surface area contributed by atoms with E-state index >= 15 is 0 Å². The van der Waals surface area contributed by atoms with Crippen molar-refractivity contribution in [2.45, 2.75) is 219 Å². The van der Waals surface area contributed by atoms with Gasteiger partial charge >= 0.3 is 17.9 Å². The number of carbonyl (C=O) groups excluding carboxylic acids is 3. The first-order valence-electron chi connectivity index (χ1n) is 28.6. The van der Waals surface area contributed by atoms with E-state index in [9.17, 15) is 14.4 Å². The van der Waals surface area contributed by atoms with Crippen molar-refractivity contribution < 1.29 is 28.6 Å². The van der Waals surface area contributed by atoms with Gasteiger partial charge in [0.15, 0.2) is 6.10 Å². The second-order valence-electron chi connectivity index (χ2n) is 18.0. The molecule has 0 N–H and O–H groups in total. The molecule has 73 heavy (non-hydrogen) atoms. The van der Waals surface area contributed by atoms with Crippen molar-refractivity contribution in [3.63, 3.8) is 0 Å². The average Bonchev–Trinajstić information content (AvgIpc) is 3.39. The Morgan fingerprint density at radius 3 is 0.767 bits per heavy atom. The molecule has 0 aromatic rings. The maximum absolute atomic E-state index is 12.9. The van der Waals surface area contributed by atoms with Gasteiger partial charge in [0.25, 0.3) is 0 Å². The zero-order valence-electron chi connectivity index (χ0n) is 46.3. The number of ether oxygens (including phenoxy) is 3. The van der Waals surface area contributed by atoms with E-state index in [0.717, 1.165) is 167 Å². The van der Waals surface area contributed by atoms with Gasteiger partial charge in [-0.3, -0.25) is 14.4 Å². The van der Waals surface area contributed by atoms with Gasteiger partial charge in [-0.25, -0.2) is 0 Å². The van der Waals surface area contributed by atoms with Crippen molar-refractivity contribution in [2.75, 3.05) is 13.2 Å². The summed E-state index contributed by atoms with van der Waals surface area (Å²) in [6.45, 7) is 6.20. The Morgan fingerprint density at radius 2 is 0.493 bits per heavy atom. The summed E-state index contributed by atoms with van der Waals surface area (Å²) in [5.41, 5.74) is 0. The van der Waals surface area contributed by atoms with Crippen molar-refractivity contribution in [2.24, 2.45) is 0 Å². The molecule has 6 nitrogen and oxygen atoms in total. The van der Waals surface area contributed by atoms with Crippen LogP contribution in [-0.2, 0) is 28.6 Å². The summed E-state index contributed by atoms with van der Waals surface area (Å²) in [5.74, 6) is -1.02. The minimum Gasteiger partial charge on any atom is -0.462 e. The van der Waals surface area contributed by atoms with Crippen LogP contribution in [0.25, 0.3) is 0 Å². The van der Waals surface area contributed by atoms with Crippen LogP contribution in [0.15, 0.2) is 170 Å². The van der Waals surface area contributed by atoms with E-state index in [1.807, 2.05) is 0 Å². The van der Waals surface area contributed by atoms with Crippen molar-refractivity contribution in [1.82, 2.24) is 0 Å². The van der Waals surface area contributed by atoms with Gasteiger partial charge in [-0.2, -0.15) is 0 Å². The summed E-state index contributed by atoms with van der Waals surface area (Å²) in [7, 11) is 0. The molecule has 0 aliphatic rings. The molecule has 1 atom stereocenters. The predicted molar refractivity (Wildman–Crippen MR) is 315 cm³/mol. The average molecular weight is 1000 g/mol. The van der Waals surface area contributed by atoms with Crippen LogP contribution in [0.3, 0.4) is 0 Å². The minimum absolute atomic E-state index is 0.124. The van der Waals surface area contributed by atoms with E-state index in [1.54, 1.807) is 0 Å². The second kappa shape index (κ2) is 59.3. The van der Waals surface area contributed by atoms with Crippen molar-refractivity contribution >= 4 is 17.9 Å². The zero-order valence-corrected chi connectivity index (χ0v) is 46.3. The van der Waals surface area contributed by atoms with Gasteiger partial charge in [0, 0.05) is 19.3 Å². The molecule has 0 amide bonds. The van der Waals surface area contributed by atoms with E-state index in [2.05, 4.69) is 191 Å². The smallest absolute Gasteiger partial charge is 0.306 e. The Bertz CT molecular complexity index is 1720. The van der Waals surface area contributed by atoms with E-state index < -0.39 is 6.10 Å². The van der Waals surface area contributed by atoms with Crippen molar-refractivity contribution in [3.05, 3.63) is 170 Å². The maximum Gasteiger partial charge on any atom is 0.306 e. The fraction of sp³-hybridized carbons (Fsp3) is 0.537. The van der Waals surface area contributed by atoms with Gasteiger partial charge in [-0.05, 0) is 148 Å². The number of unbranched alkanes of at least 4 members (excludes halogenated alkanes) is 10. The monoisotopic (exact) mass is 1000 g/mol. The predicted octanol–water partition coefficient (Wildman–Crippen LogP) is 19.5. The molecular weight excluding hydrogens is 901 g/mol. The number of hydrogen-bond donors (Lipinski definition) is 0. The third kappa shape index (κ3) is 57.5. The van der Waals surface area contributed by atoms with E-state index in [4.69, 9.17) is 14.2 Å². The molecule has 0 radical (unpaired) electrons. The van der Waals surface area contributed by atoms with E-state index in [-0.39, 0.29) is 37.5 Å². The molecule has 0 aromatic carbocycles. The lowest BCUT2D eigenvalue weighted by Crippen LogP contribution is -2.30. The summed E-state index contributed by atoms with van der Waals surface area (Å²) in [6, 6.07) is 0. The molecule has 0 bridgehead atoms. The lowest BCUT2D eigenvalue weighted by Gasteiger charge is -2.18. The molecule has 6 heteroatoms. The second-order valence-corrected chi connectivity index (χ2v) is 18.0. The zero-order chi connectivity index (χ0) is 52.9. The Balaban J connectivity index is 4.60. The van der Waals surface area contributed by atoms with Crippen LogP contribution in [0.1, 0.15) is 213 Å².